The lowest BCUT2D eigenvalue weighted by Gasteiger charge is -2.19. The van der Waals surface area contributed by atoms with Crippen molar-refractivity contribution in [2.45, 2.75) is 0 Å². The van der Waals surface area contributed by atoms with E-state index in [0.29, 0.717) is 0 Å². The van der Waals surface area contributed by atoms with E-state index >= 15 is 0 Å². The monoisotopic (exact) mass is 586 g/mol. The van der Waals surface area contributed by atoms with Crippen molar-refractivity contribution in [3.05, 3.63) is 170 Å². The van der Waals surface area contributed by atoms with Crippen LogP contribution in [0.4, 0.5) is 0 Å². The van der Waals surface area contributed by atoms with E-state index in [1.807, 2.05) is 12.4 Å². The Morgan fingerprint density at radius 1 is 0.478 bits per heavy atom. The van der Waals surface area contributed by atoms with E-state index in [-0.39, 0.29) is 0 Å². The molecule has 46 heavy (non-hydrogen) atoms. The van der Waals surface area contributed by atoms with Gasteiger partial charge < -0.3 is 5.32 Å². The fourth-order valence-electron chi connectivity index (χ4n) is 7.13. The molecule has 1 aliphatic heterocycles. The molecule has 0 fully saturated rings. The Kier molecular flexibility index (Phi) is 6.24. The molecule has 1 aromatic heterocycles. The van der Waals surface area contributed by atoms with Gasteiger partial charge in [-0.05, 0) is 107 Å². The topological polar surface area (TPSA) is 24.9 Å². The third-order valence-electron chi connectivity index (χ3n) is 9.33. The smallest absolute Gasteiger partial charge is 0.0700 e. The summed E-state index contributed by atoms with van der Waals surface area (Å²) in [5, 5.41) is 13.3. The summed E-state index contributed by atoms with van der Waals surface area (Å²) in [6.07, 6.45) is 8.20. The molecule has 2 heterocycles. The highest BCUT2D eigenvalue weighted by Crippen LogP contribution is 2.45. The third-order valence-corrected chi connectivity index (χ3v) is 9.33. The van der Waals surface area contributed by atoms with Gasteiger partial charge in [-0.2, -0.15) is 0 Å². The lowest BCUT2D eigenvalue weighted by Crippen LogP contribution is -2.08. The Morgan fingerprint density at radius 3 is 1.76 bits per heavy atom. The van der Waals surface area contributed by atoms with Crippen LogP contribution in [-0.2, 0) is 0 Å². The molecule has 0 atom stereocenters. The molecule has 216 valence electrons. The summed E-state index contributed by atoms with van der Waals surface area (Å²) in [4.78, 5) is 4.77. The average molecular weight is 587 g/mol. The molecular formula is C44H30N2. The largest absolute Gasteiger partial charge is 0.387 e. The van der Waals surface area contributed by atoms with Gasteiger partial charge >= 0.3 is 0 Å². The SMILES string of the molecule is C1=CC(c2ccc(-c3ccc4cc(-c5c6ccccc6c(-c6cccc7ccccc67)c6ccccc56)ccc4c3)cn2)=CCN1. The van der Waals surface area contributed by atoms with Crippen molar-refractivity contribution in [3.63, 3.8) is 0 Å². The predicted molar refractivity (Wildman–Crippen MR) is 196 cm³/mol. The van der Waals surface area contributed by atoms with E-state index in [2.05, 4.69) is 157 Å². The molecule has 9 rings (SSSR count). The molecule has 8 aromatic rings. The first-order chi connectivity index (χ1) is 22.8. The summed E-state index contributed by atoms with van der Waals surface area (Å²) >= 11 is 0. The van der Waals surface area contributed by atoms with Crippen molar-refractivity contribution in [1.82, 2.24) is 10.3 Å². The van der Waals surface area contributed by atoms with Crippen LogP contribution < -0.4 is 5.32 Å². The van der Waals surface area contributed by atoms with Crippen LogP contribution in [0.5, 0.6) is 0 Å². The Bertz CT molecular complexity index is 2460. The summed E-state index contributed by atoms with van der Waals surface area (Å²) in [6, 6.07) is 51.1. The van der Waals surface area contributed by atoms with Crippen molar-refractivity contribution in [3.8, 4) is 33.4 Å². The van der Waals surface area contributed by atoms with Crippen LogP contribution in [0.25, 0.3) is 82.0 Å². The number of fused-ring (bicyclic) bond motifs is 4. The molecule has 0 spiro atoms. The highest BCUT2D eigenvalue weighted by atomic mass is 14.8. The Balaban J connectivity index is 1.19. The molecule has 7 aromatic carbocycles. The van der Waals surface area contributed by atoms with Crippen molar-refractivity contribution in [2.75, 3.05) is 6.54 Å². The van der Waals surface area contributed by atoms with Crippen molar-refractivity contribution >= 4 is 48.7 Å². The fourth-order valence-corrected chi connectivity index (χ4v) is 7.13. The number of rotatable bonds is 4. The van der Waals surface area contributed by atoms with Crippen molar-refractivity contribution < 1.29 is 0 Å². The van der Waals surface area contributed by atoms with E-state index in [4.69, 9.17) is 4.98 Å². The molecule has 0 bridgehead atoms. The van der Waals surface area contributed by atoms with Crippen LogP contribution >= 0.6 is 0 Å². The molecule has 0 radical (unpaired) electrons. The Labute approximate surface area is 268 Å². The third kappa shape index (κ3) is 4.38. The number of aromatic nitrogens is 1. The van der Waals surface area contributed by atoms with E-state index in [0.717, 1.165) is 23.4 Å². The Hall–Kier alpha value is -5.99. The number of benzene rings is 7. The van der Waals surface area contributed by atoms with Crippen LogP contribution in [0.3, 0.4) is 0 Å². The van der Waals surface area contributed by atoms with Crippen LogP contribution in [0.2, 0.25) is 0 Å². The molecule has 0 saturated heterocycles. The zero-order valence-electron chi connectivity index (χ0n) is 25.2. The summed E-state index contributed by atoms with van der Waals surface area (Å²) in [5.74, 6) is 0. The second kappa shape index (κ2) is 10.9. The standard InChI is InChI=1S/C44H30N2/c1-2-10-36-29(8-1)9-7-15-37(36)44-40-13-5-3-11-38(40)43(39-12-4-6-14-41(39)44)34-19-18-31-26-33(17-16-32(31)27-34)35-20-21-42(46-28-35)30-22-24-45-25-23-30/h1-24,26-28,45H,25H2. The van der Waals surface area contributed by atoms with Crippen LogP contribution in [0, 0.1) is 0 Å². The highest BCUT2D eigenvalue weighted by molar-refractivity contribution is 6.23. The molecular weight excluding hydrogens is 556 g/mol. The zero-order chi connectivity index (χ0) is 30.5. The first kappa shape index (κ1) is 26.4. The zero-order valence-corrected chi connectivity index (χ0v) is 25.2. The maximum absolute atomic E-state index is 4.77. The maximum Gasteiger partial charge on any atom is 0.0700 e. The minimum atomic E-state index is 0.835. The van der Waals surface area contributed by atoms with Gasteiger partial charge in [0.15, 0.2) is 0 Å². The number of allylic oxidation sites excluding steroid dienone is 2. The fraction of sp³-hybridized carbons (Fsp3) is 0.0227. The number of nitrogens with one attached hydrogen (secondary N) is 1. The van der Waals surface area contributed by atoms with Gasteiger partial charge in [-0.1, -0.05) is 127 Å². The number of pyridine rings is 1. The number of nitrogens with zero attached hydrogens (tertiary/aromatic N) is 1. The Morgan fingerprint density at radius 2 is 1.09 bits per heavy atom. The molecule has 0 unspecified atom stereocenters. The van der Waals surface area contributed by atoms with Crippen LogP contribution in [0.15, 0.2) is 164 Å². The molecule has 2 heteroatoms. The second-order valence-electron chi connectivity index (χ2n) is 12.0. The number of hydrogen-bond acceptors (Lipinski definition) is 2. The van der Waals surface area contributed by atoms with Crippen LogP contribution in [-0.4, -0.2) is 11.5 Å². The van der Waals surface area contributed by atoms with Gasteiger partial charge in [-0.15, -0.1) is 0 Å². The quantitative estimate of drug-likeness (QED) is 0.208. The lowest BCUT2D eigenvalue weighted by molar-refractivity contribution is 0.974. The summed E-state index contributed by atoms with van der Waals surface area (Å²) in [6.45, 7) is 0.835. The first-order valence-corrected chi connectivity index (χ1v) is 15.8. The predicted octanol–water partition coefficient (Wildman–Crippen LogP) is 11.2. The van der Waals surface area contributed by atoms with Gasteiger partial charge in [0.2, 0.25) is 0 Å². The van der Waals surface area contributed by atoms with Crippen molar-refractivity contribution in [1.29, 1.82) is 0 Å². The summed E-state index contributed by atoms with van der Waals surface area (Å²) in [7, 11) is 0. The minimum Gasteiger partial charge on any atom is -0.387 e. The average Bonchev–Trinajstić information content (AvgIpc) is 3.13. The van der Waals surface area contributed by atoms with Gasteiger partial charge in [-0.3, -0.25) is 4.98 Å². The van der Waals surface area contributed by atoms with E-state index < -0.39 is 0 Å². The maximum atomic E-state index is 4.77. The second-order valence-corrected chi connectivity index (χ2v) is 12.0. The van der Waals surface area contributed by atoms with Crippen LogP contribution in [0.1, 0.15) is 5.69 Å². The minimum absolute atomic E-state index is 0.835. The van der Waals surface area contributed by atoms with Gasteiger partial charge in [0, 0.05) is 18.3 Å². The number of hydrogen-bond donors (Lipinski definition) is 1. The molecule has 2 nitrogen and oxygen atoms in total. The summed E-state index contributed by atoms with van der Waals surface area (Å²) in [5.41, 5.74) is 9.52. The highest BCUT2D eigenvalue weighted by Gasteiger charge is 2.18. The lowest BCUT2D eigenvalue weighted by atomic mass is 9.84. The first-order valence-electron chi connectivity index (χ1n) is 15.8. The van der Waals surface area contributed by atoms with E-state index in [1.165, 1.54) is 70.9 Å². The molecule has 0 amide bonds. The normalized spacial score (nSPS) is 12.9. The van der Waals surface area contributed by atoms with Gasteiger partial charge in [0.1, 0.15) is 0 Å². The molecule has 1 aliphatic rings. The molecule has 0 aliphatic carbocycles. The van der Waals surface area contributed by atoms with E-state index in [1.54, 1.807) is 0 Å². The molecule has 0 saturated carbocycles. The van der Waals surface area contributed by atoms with Gasteiger partial charge in [-0.25, -0.2) is 0 Å². The number of dihydropyridines is 1. The van der Waals surface area contributed by atoms with E-state index in [9.17, 15) is 0 Å². The van der Waals surface area contributed by atoms with Crippen molar-refractivity contribution in [2.24, 2.45) is 0 Å². The summed E-state index contributed by atoms with van der Waals surface area (Å²) < 4.78 is 0. The van der Waals surface area contributed by atoms with Gasteiger partial charge in [0.05, 0.1) is 5.69 Å². The van der Waals surface area contributed by atoms with Gasteiger partial charge in [0.25, 0.3) is 0 Å². The molecule has 1 N–H and O–H groups in total.